The van der Waals surface area contributed by atoms with Gasteiger partial charge < -0.3 is 4.74 Å². The van der Waals surface area contributed by atoms with Gasteiger partial charge in [0.15, 0.2) is 0 Å². The monoisotopic (exact) mass is 429 g/mol. The molecule has 2 aliphatic rings. The first kappa shape index (κ1) is 20.1. The van der Waals surface area contributed by atoms with Crippen LogP contribution in [0.4, 0.5) is 10.6 Å². The van der Waals surface area contributed by atoms with Crippen LogP contribution >= 0.6 is 0 Å². The largest absolute Gasteiger partial charge is 0.455 e. The highest BCUT2D eigenvalue weighted by molar-refractivity contribution is 6.05. The maximum Gasteiger partial charge on any atom is 0.329 e. The van der Waals surface area contributed by atoms with Gasteiger partial charge >= 0.3 is 6.03 Å². The summed E-state index contributed by atoms with van der Waals surface area (Å²) in [6.45, 7) is 4.20. The summed E-state index contributed by atoms with van der Waals surface area (Å²) in [5.74, 6) is 1.50. The molecule has 4 heterocycles. The molecule has 1 aliphatic carbocycles. The van der Waals surface area contributed by atoms with Crippen LogP contribution in [0.5, 0.6) is 11.5 Å². The minimum Gasteiger partial charge on any atom is -0.455 e. The summed E-state index contributed by atoms with van der Waals surface area (Å²) < 4.78 is 6.01. The molecular weight excluding hydrogens is 406 g/mol. The molecule has 0 unspecified atom stereocenters. The van der Waals surface area contributed by atoms with Crippen LogP contribution in [0.3, 0.4) is 0 Å². The lowest BCUT2D eigenvalue weighted by molar-refractivity contribution is -0.129. The Kier molecular flexibility index (Phi) is 4.84. The van der Waals surface area contributed by atoms with Crippen molar-refractivity contribution in [1.29, 1.82) is 0 Å². The van der Waals surface area contributed by atoms with Crippen molar-refractivity contribution in [3.05, 3.63) is 60.2 Å². The van der Waals surface area contributed by atoms with Crippen molar-refractivity contribution in [1.82, 2.24) is 19.9 Å². The smallest absolute Gasteiger partial charge is 0.329 e. The standard InChI is InChI=1S/C24H23N5O3/c1-15-3-4-17(14-26-15)19-13-18(7-11-25-19)32-20-5-6-21(27-16(20)2)28-23(31)29-12-10-24(8-9-24)22(29)30/h3-7,11,13-14H,8-10,12H2,1-2H3,(H,27,28,31). The van der Waals surface area contributed by atoms with Crippen molar-refractivity contribution in [2.45, 2.75) is 33.1 Å². The van der Waals surface area contributed by atoms with Gasteiger partial charge in [0, 0.05) is 36.3 Å². The zero-order valence-corrected chi connectivity index (χ0v) is 18.0. The van der Waals surface area contributed by atoms with Gasteiger partial charge in [-0.1, -0.05) is 0 Å². The molecular formula is C24H23N5O3. The third-order valence-corrected chi connectivity index (χ3v) is 6.05. The molecule has 1 aliphatic heterocycles. The van der Waals surface area contributed by atoms with Gasteiger partial charge in [0.1, 0.15) is 17.3 Å². The number of carbonyl (C=O) groups is 2. The first-order valence-corrected chi connectivity index (χ1v) is 10.6. The second-order valence-corrected chi connectivity index (χ2v) is 8.36. The van der Waals surface area contributed by atoms with Crippen LogP contribution < -0.4 is 10.1 Å². The zero-order chi connectivity index (χ0) is 22.3. The summed E-state index contributed by atoms with van der Waals surface area (Å²) in [5.41, 5.74) is 2.95. The van der Waals surface area contributed by atoms with Crippen molar-refractivity contribution in [2.24, 2.45) is 5.41 Å². The Morgan fingerprint density at radius 2 is 1.94 bits per heavy atom. The van der Waals surface area contributed by atoms with Crippen molar-refractivity contribution < 1.29 is 14.3 Å². The normalized spacial score (nSPS) is 16.3. The number of hydrogen-bond acceptors (Lipinski definition) is 6. The minimum absolute atomic E-state index is 0.0658. The maximum absolute atomic E-state index is 12.5. The number of nitrogens with one attached hydrogen (secondary N) is 1. The van der Waals surface area contributed by atoms with Gasteiger partial charge in [0.25, 0.3) is 0 Å². The number of hydrogen-bond donors (Lipinski definition) is 1. The zero-order valence-electron chi connectivity index (χ0n) is 18.0. The molecule has 8 heteroatoms. The fraction of sp³-hybridized carbons (Fsp3) is 0.292. The van der Waals surface area contributed by atoms with Gasteiger partial charge in [-0.05, 0) is 63.4 Å². The molecule has 32 heavy (non-hydrogen) atoms. The molecule has 0 bridgehead atoms. The van der Waals surface area contributed by atoms with E-state index in [2.05, 4.69) is 20.3 Å². The predicted octanol–water partition coefficient (Wildman–Crippen LogP) is 4.49. The van der Waals surface area contributed by atoms with Crippen LogP contribution in [-0.4, -0.2) is 38.3 Å². The number of carbonyl (C=O) groups excluding carboxylic acids is 2. The number of pyridine rings is 3. The molecule has 3 amide bonds. The Morgan fingerprint density at radius 1 is 1.09 bits per heavy atom. The van der Waals surface area contributed by atoms with Crippen LogP contribution in [0.25, 0.3) is 11.3 Å². The number of aryl methyl sites for hydroxylation is 2. The van der Waals surface area contributed by atoms with E-state index in [0.717, 1.165) is 36.2 Å². The third kappa shape index (κ3) is 3.79. The van der Waals surface area contributed by atoms with Crippen molar-refractivity contribution in [3.63, 3.8) is 0 Å². The topological polar surface area (TPSA) is 97.3 Å². The van der Waals surface area contributed by atoms with E-state index < -0.39 is 6.03 Å². The first-order chi connectivity index (χ1) is 15.4. The molecule has 8 nitrogen and oxygen atoms in total. The highest BCUT2D eigenvalue weighted by Crippen LogP contribution is 2.53. The Balaban J connectivity index is 1.28. The van der Waals surface area contributed by atoms with Crippen LogP contribution in [0.15, 0.2) is 48.8 Å². The Bertz CT molecular complexity index is 1200. The van der Waals surface area contributed by atoms with Crippen molar-refractivity contribution in [3.8, 4) is 22.8 Å². The van der Waals surface area contributed by atoms with E-state index in [1.165, 1.54) is 4.90 Å². The van der Waals surface area contributed by atoms with E-state index in [4.69, 9.17) is 4.74 Å². The van der Waals surface area contributed by atoms with Crippen molar-refractivity contribution in [2.75, 3.05) is 11.9 Å². The fourth-order valence-electron chi connectivity index (χ4n) is 3.91. The lowest BCUT2D eigenvalue weighted by atomic mass is 10.1. The molecule has 0 radical (unpaired) electrons. The molecule has 0 atom stereocenters. The first-order valence-electron chi connectivity index (χ1n) is 10.6. The lowest BCUT2D eigenvalue weighted by Gasteiger charge is -2.16. The number of amides is 3. The summed E-state index contributed by atoms with van der Waals surface area (Å²) in [6, 6.07) is 10.5. The molecule has 2 fully saturated rings. The number of anilines is 1. The summed E-state index contributed by atoms with van der Waals surface area (Å²) in [5, 5.41) is 2.73. The molecule has 3 aromatic heterocycles. The van der Waals surface area contributed by atoms with Crippen molar-refractivity contribution >= 4 is 17.8 Å². The summed E-state index contributed by atoms with van der Waals surface area (Å²) in [6.07, 6.45) is 5.99. The fourth-order valence-corrected chi connectivity index (χ4v) is 3.91. The van der Waals surface area contributed by atoms with E-state index in [1.807, 2.05) is 25.1 Å². The minimum atomic E-state index is -0.426. The quantitative estimate of drug-likeness (QED) is 0.656. The van der Waals surface area contributed by atoms with Crippen LogP contribution in [0.2, 0.25) is 0 Å². The molecule has 1 saturated carbocycles. The van der Waals surface area contributed by atoms with Gasteiger partial charge in [-0.15, -0.1) is 0 Å². The molecule has 1 spiro atoms. The van der Waals surface area contributed by atoms with E-state index >= 15 is 0 Å². The van der Waals surface area contributed by atoms with Gasteiger partial charge in [-0.3, -0.25) is 25.0 Å². The number of aromatic nitrogens is 3. The number of nitrogens with zero attached hydrogens (tertiary/aromatic N) is 4. The molecule has 162 valence electrons. The average Bonchev–Trinajstić information content (AvgIpc) is 3.50. The number of likely N-dealkylation sites (tertiary alicyclic amines) is 1. The molecule has 1 saturated heterocycles. The molecule has 0 aromatic carbocycles. The second kappa shape index (κ2) is 7.71. The summed E-state index contributed by atoms with van der Waals surface area (Å²) in [7, 11) is 0. The SMILES string of the molecule is Cc1ccc(-c2cc(Oc3ccc(NC(=O)N4CCC5(CC5)C4=O)nc3C)ccn2)cn1. The van der Waals surface area contributed by atoms with E-state index in [9.17, 15) is 9.59 Å². The summed E-state index contributed by atoms with van der Waals surface area (Å²) in [4.78, 5) is 39.4. The number of rotatable bonds is 4. The Morgan fingerprint density at radius 3 is 2.62 bits per heavy atom. The molecule has 1 N–H and O–H groups in total. The van der Waals surface area contributed by atoms with Crippen LogP contribution in [0.1, 0.15) is 30.7 Å². The maximum atomic E-state index is 12.5. The highest BCUT2D eigenvalue weighted by Gasteiger charge is 2.56. The van der Waals surface area contributed by atoms with Gasteiger partial charge in [0.05, 0.1) is 16.8 Å². The van der Waals surface area contributed by atoms with E-state index in [1.54, 1.807) is 37.5 Å². The predicted molar refractivity (Wildman–Crippen MR) is 118 cm³/mol. The van der Waals surface area contributed by atoms with Gasteiger partial charge in [-0.25, -0.2) is 9.78 Å². The number of ether oxygens (including phenoxy) is 1. The van der Waals surface area contributed by atoms with Crippen LogP contribution in [0, 0.1) is 19.3 Å². The summed E-state index contributed by atoms with van der Waals surface area (Å²) >= 11 is 0. The molecule has 3 aromatic rings. The van der Waals surface area contributed by atoms with E-state index in [0.29, 0.717) is 29.6 Å². The number of imide groups is 1. The van der Waals surface area contributed by atoms with E-state index in [-0.39, 0.29) is 11.3 Å². The third-order valence-electron chi connectivity index (χ3n) is 6.05. The molecule has 5 rings (SSSR count). The highest BCUT2D eigenvalue weighted by atomic mass is 16.5. The lowest BCUT2D eigenvalue weighted by Crippen LogP contribution is -2.37. The van der Waals surface area contributed by atoms with Gasteiger partial charge in [0.2, 0.25) is 5.91 Å². The number of urea groups is 1. The Hall–Kier alpha value is -3.81. The van der Waals surface area contributed by atoms with Crippen LogP contribution in [-0.2, 0) is 4.79 Å². The average molecular weight is 429 g/mol. The second-order valence-electron chi connectivity index (χ2n) is 8.36. The Labute approximate surface area is 185 Å². The van der Waals surface area contributed by atoms with Gasteiger partial charge in [-0.2, -0.15) is 0 Å².